The van der Waals surface area contributed by atoms with Crippen LogP contribution in [0, 0.1) is 5.92 Å². The summed E-state index contributed by atoms with van der Waals surface area (Å²) in [5, 5.41) is 5.23. The van der Waals surface area contributed by atoms with Gasteiger partial charge in [0.25, 0.3) is 0 Å². The molecule has 0 N–H and O–H groups in total. The van der Waals surface area contributed by atoms with E-state index in [0.29, 0.717) is 0 Å². The van der Waals surface area contributed by atoms with Gasteiger partial charge in [-0.2, -0.15) is 0 Å². The van der Waals surface area contributed by atoms with Crippen LogP contribution in [-0.4, -0.2) is 4.36 Å². The number of benzene rings is 4. The van der Waals surface area contributed by atoms with E-state index in [1.54, 1.807) is 0 Å². The molecule has 34 heavy (non-hydrogen) atoms. The molecule has 0 amide bonds. The molecule has 0 fully saturated rings. The summed E-state index contributed by atoms with van der Waals surface area (Å²) in [4.78, 5) is 0. The zero-order valence-corrected chi connectivity index (χ0v) is 22.8. The molecule has 1 aliphatic rings. The van der Waals surface area contributed by atoms with Gasteiger partial charge in [0.2, 0.25) is 0 Å². The van der Waals surface area contributed by atoms with Crippen LogP contribution in [0.5, 0.6) is 0 Å². The first-order chi connectivity index (χ1) is 16.3. The quantitative estimate of drug-likeness (QED) is 0.126. The van der Waals surface area contributed by atoms with Crippen molar-refractivity contribution in [2.24, 2.45) is 5.92 Å². The second-order valence-electron chi connectivity index (χ2n) is 7.94. The molecular weight excluding hydrogens is 559 g/mol. The number of hydrogen-bond donors (Lipinski definition) is 0. The van der Waals surface area contributed by atoms with E-state index in [0.717, 1.165) is 0 Å². The Hall–Kier alpha value is -1.87. The third-order valence-electron chi connectivity index (χ3n) is 5.86. The van der Waals surface area contributed by atoms with Crippen LogP contribution >= 0.6 is 27.4 Å². The maximum atomic E-state index is 8.17. The SMILES string of the molecule is ClC(C1C=CC=C1)(P(c1ccccc1)c1ccccc1)P(c1ccccc1)c1ccccc1.[Ru]. The van der Waals surface area contributed by atoms with E-state index in [2.05, 4.69) is 146 Å². The van der Waals surface area contributed by atoms with Gasteiger partial charge < -0.3 is 0 Å². The van der Waals surface area contributed by atoms with Crippen molar-refractivity contribution in [3.63, 3.8) is 0 Å². The molecule has 170 valence electrons. The molecule has 0 aliphatic heterocycles. The summed E-state index contributed by atoms with van der Waals surface area (Å²) in [7, 11) is -1.80. The van der Waals surface area contributed by atoms with Crippen molar-refractivity contribution in [1.29, 1.82) is 0 Å². The van der Waals surface area contributed by atoms with Gasteiger partial charge in [-0.15, -0.1) is 11.6 Å². The second-order valence-corrected chi connectivity index (χ2v) is 14.2. The Bertz CT molecular complexity index is 1050. The topological polar surface area (TPSA) is 0 Å². The van der Waals surface area contributed by atoms with Gasteiger partial charge in [0.05, 0.1) is 0 Å². The minimum atomic E-state index is -0.902. The summed E-state index contributed by atoms with van der Waals surface area (Å²) < 4.78 is -0.542. The smallest absolute Gasteiger partial charge is 0.107 e. The normalized spacial score (nSPS) is 13.4. The first-order valence-electron chi connectivity index (χ1n) is 11.1. The summed E-state index contributed by atoms with van der Waals surface area (Å²) in [5.74, 6) is 0.122. The maximum absolute atomic E-state index is 8.17. The predicted molar refractivity (Wildman–Crippen MR) is 148 cm³/mol. The zero-order valence-electron chi connectivity index (χ0n) is 18.6. The zero-order chi connectivity index (χ0) is 22.5. The molecule has 4 aromatic rings. The van der Waals surface area contributed by atoms with Gasteiger partial charge >= 0.3 is 0 Å². The first-order valence-corrected chi connectivity index (χ1v) is 14.2. The van der Waals surface area contributed by atoms with Gasteiger partial charge in [-0.25, -0.2) is 0 Å². The Kier molecular flexibility index (Phi) is 8.69. The predicted octanol–water partition coefficient (Wildman–Crippen LogP) is 6.88. The van der Waals surface area contributed by atoms with Gasteiger partial charge in [-0.1, -0.05) is 146 Å². The molecule has 0 saturated heterocycles. The Morgan fingerprint density at radius 1 is 0.471 bits per heavy atom. The minimum absolute atomic E-state index is 0. The van der Waals surface area contributed by atoms with Crippen LogP contribution in [-0.2, 0) is 19.5 Å². The summed E-state index contributed by atoms with van der Waals surface area (Å²) in [6.45, 7) is 0. The Balaban J connectivity index is 0.00000274. The van der Waals surface area contributed by atoms with Crippen molar-refractivity contribution in [1.82, 2.24) is 0 Å². The van der Waals surface area contributed by atoms with E-state index in [9.17, 15) is 0 Å². The molecular formula is C30H25ClP2Ru. The van der Waals surface area contributed by atoms with Crippen LogP contribution in [0.25, 0.3) is 0 Å². The number of alkyl halides is 1. The van der Waals surface area contributed by atoms with Crippen molar-refractivity contribution in [2.75, 3.05) is 0 Å². The fourth-order valence-electron chi connectivity index (χ4n) is 4.41. The van der Waals surface area contributed by atoms with Crippen LogP contribution in [0.3, 0.4) is 0 Å². The number of hydrogen-bond acceptors (Lipinski definition) is 0. The number of halogens is 1. The third kappa shape index (κ3) is 5.05. The van der Waals surface area contributed by atoms with Gasteiger partial charge in [-0.3, -0.25) is 0 Å². The summed E-state index contributed by atoms with van der Waals surface area (Å²) in [5.41, 5.74) is 0. The standard InChI is InChI=1S/C30H25ClP2.Ru/c31-30(25-15-13-14-16-25,32(26-17-5-1-6-18-26)27-19-7-2-8-20-27)33(28-21-9-3-10-22-28)29-23-11-4-12-24-29;/h1-25H;. The molecule has 0 nitrogen and oxygen atoms in total. The third-order valence-corrected chi connectivity index (χ3v) is 13.4. The molecule has 0 heterocycles. The van der Waals surface area contributed by atoms with Gasteiger partial charge in [0, 0.05) is 25.4 Å². The Labute approximate surface area is 223 Å². The summed E-state index contributed by atoms with van der Waals surface area (Å²) >= 11 is 8.17. The van der Waals surface area contributed by atoms with E-state index in [-0.39, 0.29) is 25.4 Å². The molecule has 4 aromatic carbocycles. The maximum Gasteiger partial charge on any atom is 0.109 e. The molecule has 0 saturated carbocycles. The molecule has 0 atom stereocenters. The van der Waals surface area contributed by atoms with Crippen molar-refractivity contribution < 1.29 is 19.5 Å². The van der Waals surface area contributed by atoms with Crippen molar-refractivity contribution in [3.05, 3.63) is 146 Å². The Morgan fingerprint density at radius 3 is 1.00 bits per heavy atom. The monoisotopic (exact) mass is 584 g/mol. The molecule has 4 heteroatoms. The van der Waals surface area contributed by atoms with Gasteiger partial charge in [0.15, 0.2) is 0 Å². The molecule has 0 aromatic heterocycles. The summed E-state index contributed by atoms with van der Waals surface area (Å²) in [6.07, 6.45) is 8.87. The Morgan fingerprint density at radius 2 is 0.735 bits per heavy atom. The van der Waals surface area contributed by atoms with E-state index in [1.165, 1.54) is 21.2 Å². The largest absolute Gasteiger partial charge is 0.109 e. The van der Waals surface area contributed by atoms with Crippen LogP contribution in [0.4, 0.5) is 0 Å². The van der Waals surface area contributed by atoms with Crippen LogP contribution in [0.15, 0.2) is 146 Å². The second kappa shape index (κ2) is 11.7. The minimum Gasteiger partial charge on any atom is -0.107 e. The van der Waals surface area contributed by atoms with E-state index in [1.807, 2.05) is 0 Å². The fraction of sp³-hybridized carbons (Fsp3) is 0.0667. The molecule has 0 unspecified atom stereocenters. The van der Waals surface area contributed by atoms with Crippen molar-refractivity contribution in [2.45, 2.75) is 4.36 Å². The van der Waals surface area contributed by atoms with E-state index >= 15 is 0 Å². The van der Waals surface area contributed by atoms with Crippen molar-refractivity contribution in [3.8, 4) is 0 Å². The molecule has 1 aliphatic carbocycles. The molecule has 0 spiro atoms. The van der Waals surface area contributed by atoms with E-state index < -0.39 is 20.2 Å². The summed E-state index contributed by atoms with van der Waals surface area (Å²) in [6, 6.07) is 43.5. The van der Waals surface area contributed by atoms with Crippen LogP contribution in [0.1, 0.15) is 0 Å². The van der Waals surface area contributed by atoms with Crippen LogP contribution in [0.2, 0.25) is 0 Å². The fourth-order valence-corrected chi connectivity index (χ4v) is 12.8. The molecule has 0 bridgehead atoms. The number of allylic oxidation sites excluding steroid dienone is 4. The van der Waals surface area contributed by atoms with E-state index in [4.69, 9.17) is 11.6 Å². The van der Waals surface area contributed by atoms with Gasteiger partial charge in [-0.05, 0) is 37.1 Å². The first kappa shape index (κ1) is 25.2. The number of rotatable bonds is 7. The average molecular weight is 584 g/mol. The van der Waals surface area contributed by atoms with Crippen LogP contribution < -0.4 is 21.2 Å². The molecule has 5 rings (SSSR count). The van der Waals surface area contributed by atoms with Gasteiger partial charge in [0.1, 0.15) is 4.36 Å². The van der Waals surface area contributed by atoms with Crippen molar-refractivity contribution >= 4 is 48.7 Å². The average Bonchev–Trinajstić information content (AvgIpc) is 3.43. The molecule has 0 radical (unpaired) electrons.